The van der Waals surface area contributed by atoms with Crippen LogP contribution in [0, 0.1) is 6.92 Å². The van der Waals surface area contributed by atoms with Gasteiger partial charge in [0.25, 0.3) is 0 Å². The SMILES string of the molecule is COc1cc(CCc2c[nH]cn2)c2nccc(C)c2c1O. The number of fused-ring (bicyclic) bond motifs is 1. The Hall–Kier alpha value is -2.56. The van der Waals surface area contributed by atoms with Gasteiger partial charge in [-0.1, -0.05) is 0 Å². The molecule has 0 aliphatic carbocycles. The van der Waals surface area contributed by atoms with Crippen molar-refractivity contribution in [3.05, 3.63) is 47.7 Å². The minimum atomic E-state index is 0.154. The summed E-state index contributed by atoms with van der Waals surface area (Å²) in [7, 11) is 1.56. The van der Waals surface area contributed by atoms with Gasteiger partial charge in [0.1, 0.15) is 0 Å². The third-order valence-corrected chi connectivity index (χ3v) is 3.66. The zero-order valence-electron chi connectivity index (χ0n) is 12.1. The first kappa shape index (κ1) is 13.4. The molecule has 2 heterocycles. The Morgan fingerprint density at radius 3 is 2.86 bits per heavy atom. The van der Waals surface area contributed by atoms with E-state index in [9.17, 15) is 5.11 Å². The molecule has 3 rings (SSSR count). The largest absolute Gasteiger partial charge is 0.504 e. The van der Waals surface area contributed by atoms with Crippen molar-refractivity contribution in [2.24, 2.45) is 0 Å². The van der Waals surface area contributed by atoms with Gasteiger partial charge in [-0.3, -0.25) is 4.98 Å². The van der Waals surface area contributed by atoms with Crippen molar-refractivity contribution in [2.75, 3.05) is 7.11 Å². The lowest BCUT2D eigenvalue weighted by Gasteiger charge is -2.12. The summed E-state index contributed by atoms with van der Waals surface area (Å²) in [6, 6.07) is 3.75. The number of pyridine rings is 1. The van der Waals surface area contributed by atoms with E-state index in [0.717, 1.165) is 40.6 Å². The summed E-state index contributed by atoms with van der Waals surface area (Å²) < 4.78 is 5.29. The van der Waals surface area contributed by atoms with Gasteiger partial charge in [0.15, 0.2) is 11.5 Å². The van der Waals surface area contributed by atoms with Gasteiger partial charge >= 0.3 is 0 Å². The normalized spacial score (nSPS) is 11.0. The molecule has 0 spiro atoms. The maximum Gasteiger partial charge on any atom is 0.167 e. The van der Waals surface area contributed by atoms with Crippen molar-refractivity contribution in [2.45, 2.75) is 19.8 Å². The molecule has 21 heavy (non-hydrogen) atoms. The number of aromatic nitrogens is 3. The molecule has 0 saturated carbocycles. The summed E-state index contributed by atoms with van der Waals surface area (Å²) in [5.74, 6) is 0.636. The first-order chi connectivity index (χ1) is 10.2. The molecule has 0 saturated heterocycles. The summed E-state index contributed by atoms with van der Waals surface area (Å²) in [4.78, 5) is 11.6. The Labute approximate surface area is 122 Å². The van der Waals surface area contributed by atoms with E-state index in [0.29, 0.717) is 5.75 Å². The van der Waals surface area contributed by atoms with E-state index in [1.165, 1.54) is 0 Å². The van der Waals surface area contributed by atoms with Crippen LogP contribution in [0.1, 0.15) is 16.8 Å². The zero-order valence-corrected chi connectivity index (χ0v) is 12.1. The van der Waals surface area contributed by atoms with E-state index in [-0.39, 0.29) is 5.75 Å². The van der Waals surface area contributed by atoms with E-state index < -0.39 is 0 Å². The molecule has 2 N–H and O–H groups in total. The lowest BCUT2D eigenvalue weighted by molar-refractivity contribution is 0.376. The van der Waals surface area contributed by atoms with Crippen molar-refractivity contribution in [3.63, 3.8) is 0 Å². The van der Waals surface area contributed by atoms with Gasteiger partial charge in [0, 0.05) is 17.8 Å². The van der Waals surface area contributed by atoms with Crippen LogP contribution < -0.4 is 4.74 Å². The number of hydrogen-bond acceptors (Lipinski definition) is 4. The van der Waals surface area contributed by atoms with Crippen LogP contribution in [0.5, 0.6) is 11.5 Å². The highest BCUT2D eigenvalue weighted by Gasteiger charge is 2.15. The van der Waals surface area contributed by atoms with Gasteiger partial charge in [-0.25, -0.2) is 4.98 Å². The van der Waals surface area contributed by atoms with Gasteiger partial charge in [-0.2, -0.15) is 0 Å². The van der Waals surface area contributed by atoms with E-state index in [2.05, 4.69) is 15.0 Å². The Kier molecular flexibility index (Phi) is 3.48. The van der Waals surface area contributed by atoms with Crippen molar-refractivity contribution in [1.82, 2.24) is 15.0 Å². The van der Waals surface area contributed by atoms with Gasteiger partial charge in [-0.05, 0) is 43.0 Å². The smallest absolute Gasteiger partial charge is 0.167 e. The lowest BCUT2D eigenvalue weighted by atomic mass is 10.0. The Morgan fingerprint density at radius 1 is 1.29 bits per heavy atom. The van der Waals surface area contributed by atoms with Crippen molar-refractivity contribution in [3.8, 4) is 11.5 Å². The minimum absolute atomic E-state index is 0.154. The van der Waals surface area contributed by atoms with E-state index in [1.807, 2.05) is 25.3 Å². The second-order valence-electron chi connectivity index (χ2n) is 5.00. The fraction of sp³-hybridized carbons (Fsp3) is 0.250. The van der Waals surface area contributed by atoms with E-state index in [1.54, 1.807) is 19.6 Å². The molecule has 3 aromatic rings. The van der Waals surface area contributed by atoms with Crippen LogP contribution >= 0.6 is 0 Å². The lowest BCUT2D eigenvalue weighted by Crippen LogP contribution is -1.97. The fourth-order valence-corrected chi connectivity index (χ4v) is 2.56. The van der Waals surface area contributed by atoms with Crippen LogP contribution in [0.2, 0.25) is 0 Å². The molecule has 0 bridgehead atoms. The van der Waals surface area contributed by atoms with Gasteiger partial charge in [0.2, 0.25) is 0 Å². The number of phenolic OH excluding ortho intramolecular Hbond substituents is 1. The van der Waals surface area contributed by atoms with Crippen LogP contribution in [-0.2, 0) is 12.8 Å². The van der Waals surface area contributed by atoms with Crippen LogP contribution in [-0.4, -0.2) is 27.2 Å². The summed E-state index contributed by atoms with van der Waals surface area (Å²) in [6.45, 7) is 1.96. The number of imidazole rings is 1. The third-order valence-electron chi connectivity index (χ3n) is 3.66. The molecule has 0 fully saturated rings. The number of methoxy groups -OCH3 is 1. The van der Waals surface area contributed by atoms with Crippen LogP contribution in [0.3, 0.4) is 0 Å². The highest BCUT2D eigenvalue weighted by Crippen LogP contribution is 2.38. The van der Waals surface area contributed by atoms with Gasteiger partial charge in [-0.15, -0.1) is 0 Å². The monoisotopic (exact) mass is 283 g/mol. The quantitative estimate of drug-likeness (QED) is 0.772. The first-order valence-electron chi connectivity index (χ1n) is 6.82. The summed E-state index contributed by atoms with van der Waals surface area (Å²) >= 11 is 0. The maximum absolute atomic E-state index is 10.3. The molecule has 108 valence electrons. The summed E-state index contributed by atoms with van der Waals surface area (Å²) in [5, 5.41) is 11.1. The van der Waals surface area contributed by atoms with Gasteiger partial charge in [0.05, 0.1) is 24.6 Å². The van der Waals surface area contributed by atoms with Crippen LogP contribution in [0.15, 0.2) is 30.9 Å². The number of nitrogens with one attached hydrogen (secondary N) is 1. The highest BCUT2D eigenvalue weighted by molar-refractivity contribution is 5.92. The molecule has 5 heteroatoms. The molecule has 0 amide bonds. The number of benzene rings is 1. The number of H-pyrrole nitrogens is 1. The predicted molar refractivity (Wildman–Crippen MR) is 80.7 cm³/mol. The maximum atomic E-state index is 10.3. The molecule has 0 unspecified atom stereocenters. The number of nitrogens with zero attached hydrogens (tertiary/aromatic N) is 2. The fourth-order valence-electron chi connectivity index (χ4n) is 2.56. The molecule has 1 aromatic carbocycles. The number of rotatable bonds is 4. The van der Waals surface area contributed by atoms with Crippen LogP contribution in [0.25, 0.3) is 10.9 Å². The van der Waals surface area contributed by atoms with Gasteiger partial charge < -0.3 is 14.8 Å². The van der Waals surface area contributed by atoms with Crippen LogP contribution in [0.4, 0.5) is 0 Å². The third kappa shape index (κ3) is 2.42. The standard InChI is InChI=1S/C16H17N3O2/c1-10-5-6-18-15-11(3-4-12-8-17-9-19-12)7-13(21-2)16(20)14(10)15/h5-9,20H,3-4H2,1-2H3,(H,17,19). The number of ether oxygens (including phenoxy) is 1. The van der Waals surface area contributed by atoms with Crippen molar-refractivity contribution in [1.29, 1.82) is 0 Å². The summed E-state index contributed by atoms with van der Waals surface area (Å²) in [6.07, 6.45) is 6.92. The van der Waals surface area contributed by atoms with Crippen molar-refractivity contribution < 1.29 is 9.84 Å². The van der Waals surface area contributed by atoms with E-state index in [4.69, 9.17) is 4.74 Å². The number of hydrogen-bond donors (Lipinski definition) is 2. The number of aromatic hydroxyl groups is 1. The Bertz CT molecular complexity index is 767. The summed E-state index contributed by atoms with van der Waals surface area (Å²) in [5.41, 5.74) is 3.86. The first-order valence-corrected chi connectivity index (χ1v) is 6.82. The van der Waals surface area contributed by atoms with Crippen molar-refractivity contribution >= 4 is 10.9 Å². The average molecular weight is 283 g/mol. The Balaban J connectivity index is 2.08. The number of aryl methyl sites for hydroxylation is 3. The average Bonchev–Trinajstić information content (AvgIpc) is 3.00. The second-order valence-corrected chi connectivity index (χ2v) is 5.00. The topological polar surface area (TPSA) is 71.0 Å². The molecule has 2 aromatic heterocycles. The predicted octanol–water partition coefficient (Wildman–Crippen LogP) is 2.77. The number of phenols is 1. The molecule has 0 radical (unpaired) electrons. The molecular formula is C16H17N3O2. The van der Waals surface area contributed by atoms with E-state index >= 15 is 0 Å². The molecule has 5 nitrogen and oxygen atoms in total. The number of aromatic amines is 1. The zero-order chi connectivity index (χ0) is 14.8. The highest BCUT2D eigenvalue weighted by atomic mass is 16.5. The molecule has 0 aliphatic heterocycles. The second kappa shape index (κ2) is 5.44. The molecule has 0 aliphatic rings. The molecule has 0 atom stereocenters. The minimum Gasteiger partial charge on any atom is -0.504 e. The molecular weight excluding hydrogens is 266 g/mol. The Morgan fingerprint density at radius 2 is 2.14 bits per heavy atom.